The lowest BCUT2D eigenvalue weighted by Gasteiger charge is -2.25. The Balaban J connectivity index is 0.00000256. The van der Waals surface area contributed by atoms with Crippen LogP contribution in [-0.2, 0) is 19.5 Å². The van der Waals surface area contributed by atoms with Crippen LogP contribution in [0.25, 0.3) is 22.2 Å². The van der Waals surface area contributed by atoms with E-state index in [9.17, 15) is 19.8 Å². The highest BCUT2D eigenvalue weighted by Crippen LogP contribution is 2.38. The molecule has 0 unspecified atom stereocenters. The van der Waals surface area contributed by atoms with E-state index in [4.69, 9.17) is 0 Å². The third-order valence-electron chi connectivity index (χ3n) is 5.67. The second-order valence-electron chi connectivity index (χ2n) is 8.04. The van der Waals surface area contributed by atoms with Crippen LogP contribution in [0.2, 0.25) is 0 Å². The van der Waals surface area contributed by atoms with Gasteiger partial charge in [0.05, 0.1) is 12.4 Å². The molecule has 8 heteroatoms. The van der Waals surface area contributed by atoms with Gasteiger partial charge >= 0.3 is 5.97 Å². The Morgan fingerprint density at radius 1 is 1.23 bits per heavy atom. The normalized spacial score (nSPS) is 13.3. The van der Waals surface area contributed by atoms with Gasteiger partial charge in [-0.05, 0) is 70.0 Å². The summed E-state index contributed by atoms with van der Waals surface area (Å²) in [6.45, 7) is 2.28. The topological polar surface area (TPSA) is 98.6 Å². The molecule has 0 radical (unpaired) electrons. The van der Waals surface area contributed by atoms with E-state index in [1.165, 1.54) is 4.57 Å². The molecule has 0 saturated heterocycles. The Labute approximate surface area is 180 Å². The number of benzene rings is 1. The van der Waals surface area contributed by atoms with E-state index in [0.29, 0.717) is 17.7 Å². The van der Waals surface area contributed by atoms with E-state index >= 15 is 0 Å². The average Bonchev–Trinajstić information content (AvgIpc) is 2.99. The molecule has 1 aromatic carbocycles. The summed E-state index contributed by atoms with van der Waals surface area (Å²) in [4.78, 5) is 29.9. The van der Waals surface area contributed by atoms with Gasteiger partial charge in [-0.25, -0.2) is 4.79 Å². The first-order chi connectivity index (χ1) is 13.8. The molecule has 0 aliphatic heterocycles. The van der Waals surface area contributed by atoms with Crippen LogP contribution in [0.4, 0.5) is 0 Å². The van der Waals surface area contributed by atoms with Crippen molar-refractivity contribution >= 4 is 29.3 Å². The van der Waals surface area contributed by atoms with Gasteiger partial charge in [0.25, 0.3) is 5.56 Å². The zero-order valence-corrected chi connectivity index (χ0v) is 18.1. The number of carboxylic acid groups (broad SMARTS) is 1. The quantitative estimate of drug-likeness (QED) is 0.589. The lowest BCUT2D eigenvalue weighted by atomic mass is 9.88. The summed E-state index contributed by atoms with van der Waals surface area (Å²) in [7, 11) is 3.65. The van der Waals surface area contributed by atoms with Crippen LogP contribution in [-0.4, -0.2) is 44.7 Å². The van der Waals surface area contributed by atoms with Crippen molar-refractivity contribution < 1.29 is 15.0 Å². The number of aromatic nitrogens is 2. The first-order valence-electron chi connectivity index (χ1n) is 9.77. The van der Waals surface area contributed by atoms with E-state index in [1.54, 1.807) is 0 Å². The summed E-state index contributed by atoms with van der Waals surface area (Å²) < 4.78 is 1.49. The predicted octanol–water partition coefficient (Wildman–Crippen LogP) is 3.53. The van der Waals surface area contributed by atoms with Crippen molar-refractivity contribution in [2.24, 2.45) is 0 Å². The van der Waals surface area contributed by atoms with Gasteiger partial charge in [-0.2, -0.15) is 0 Å². The van der Waals surface area contributed by atoms with Crippen molar-refractivity contribution in [1.82, 2.24) is 14.5 Å². The second-order valence-corrected chi connectivity index (χ2v) is 8.04. The zero-order chi connectivity index (χ0) is 20.9. The van der Waals surface area contributed by atoms with Gasteiger partial charge < -0.3 is 15.2 Å². The lowest BCUT2D eigenvalue weighted by molar-refractivity contribution is 0.0690. The molecule has 160 valence electrons. The maximum absolute atomic E-state index is 13.1. The Morgan fingerprint density at radius 2 is 1.93 bits per heavy atom. The Hall–Kier alpha value is -2.77. The van der Waals surface area contributed by atoms with E-state index < -0.39 is 22.8 Å². The maximum atomic E-state index is 13.1. The number of H-pyrrole nitrogens is 1. The fraction of sp³-hybridized carbons (Fsp3) is 0.364. The van der Waals surface area contributed by atoms with E-state index in [1.807, 2.05) is 31.3 Å². The molecular formula is C22H26ClN3O4. The standard InChI is InChI=1S/C22H25N3O4.ClH/c1-12-10-23-17-9-16-13(8-15(12)17)6-4-5-7-14-19(16)25(11-24(2)3)21(27)18(20(14)26)22(28)29;/h8-10,23,26H,4-7,11H2,1-3H3,(H,28,29);1H. The fourth-order valence-corrected chi connectivity index (χ4v) is 4.32. The number of hydrogen-bond acceptors (Lipinski definition) is 4. The monoisotopic (exact) mass is 431 g/mol. The number of nitrogens with one attached hydrogen (secondary N) is 1. The predicted molar refractivity (Wildman–Crippen MR) is 119 cm³/mol. The van der Waals surface area contributed by atoms with E-state index in [0.717, 1.165) is 46.9 Å². The number of aromatic amines is 1. The molecule has 2 heterocycles. The fourth-order valence-electron chi connectivity index (χ4n) is 4.32. The Kier molecular flexibility index (Phi) is 5.97. The number of hydrogen-bond donors (Lipinski definition) is 3. The third-order valence-corrected chi connectivity index (χ3v) is 5.67. The van der Waals surface area contributed by atoms with Gasteiger partial charge in [0.15, 0.2) is 5.56 Å². The van der Waals surface area contributed by atoms with Gasteiger partial charge in [-0.1, -0.05) is 0 Å². The van der Waals surface area contributed by atoms with Crippen LogP contribution in [0.5, 0.6) is 5.75 Å². The molecule has 3 N–H and O–H groups in total. The third kappa shape index (κ3) is 3.48. The summed E-state index contributed by atoms with van der Waals surface area (Å²) in [5.41, 5.74) is 4.01. The van der Waals surface area contributed by atoms with E-state index in [-0.39, 0.29) is 19.1 Å². The van der Waals surface area contributed by atoms with Crippen LogP contribution >= 0.6 is 12.4 Å². The molecule has 0 saturated carbocycles. The average molecular weight is 432 g/mol. The number of carboxylic acids is 1. The van der Waals surface area contributed by atoms with E-state index in [2.05, 4.69) is 18.0 Å². The summed E-state index contributed by atoms with van der Waals surface area (Å²) in [5.74, 6) is -1.80. The minimum atomic E-state index is -1.40. The second kappa shape index (κ2) is 8.16. The van der Waals surface area contributed by atoms with Crippen LogP contribution in [0.3, 0.4) is 0 Å². The molecule has 0 bridgehead atoms. The zero-order valence-electron chi connectivity index (χ0n) is 17.3. The van der Waals surface area contributed by atoms with Crippen molar-refractivity contribution in [2.75, 3.05) is 14.1 Å². The van der Waals surface area contributed by atoms with Crippen molar-refractivity contribution in [3.8, 4) is 17.0 Å². The maximum Gasteiger partial charge on any atom is 0.345 e. The minimum Gasteiger partial charge on any atom is -0.506 e. The van der Waals surface area contributed by atoms with Crippen LogP contribution in [0.15, 0.2) is 23.1 Å². The summed E-state index contributed by atoms with van der Waals surface area (Å²) in [5, 5.41) is 21.5. The highest BCUT2D eigenvalue weighted by Gasteiger charge is 2.28. The van der Waals surface area contributed by atoms with Crippen molar-refractivity contribution in [3.63, 3.8) is 0 Å². The van der Waals surface area contributed by atoms with Crippen molar-refractivity contribution in [2.45, 2.75) is 39.3 Å². The van der Waals surface area contributed by atoms with Crippen molar-refractivity contribution in [1.29, 1.82) is 0 Å². The number of carbonyl (C=O) groups is 1. The number of fused-ring (bicyclic) bond motifs is 4. The number of aromatic hydroxyl groups is 1. The van der Waals surface area contributed by atoms with Gasteiger partial charge in [0, 0.05) is 28.2 Å². The molecule has 0 fully saturated rings. The molecule has 0 atom stereocenters. The number of rotatable bonds is 3. The number of pyridine rings is 1. The van der Waals surface area contributed by atoms with Gasteiger partial charge in [-0.3, -0.25) is 14.3 Å². The number of aryl methyl sites for hydroxylation is 2. The molecule has 0 amide bonds. The first-order valence-corrected chi connectivity index (χ1v) is 9.77. The van der Waals surface area contributed by atoms with Crippen LogP contribution in [0, 0.1) is 6.92 Å². The number of halogens is 1. The largest absolute Gasteiger partial charge is 0.506 e. The summed E-state index contributed by atoms with van der Waals surface area (Å²) in [6.07, 6.45) is 5.08. The van der Waals surface area contributed by atoms with Gasteiger partial charge in [-0.15, -0.1) is 12.4 Å². The Bertz CT molecular complexity index is 1190. The molecule has 1 aliphatic rings. The van der Waals surface area contributed by atoms with Gasteiger partial charge in [0.2, 0.25) is 0 Å². The molecule has 0 spiro atoms. The smallest absolute Gasteiger partial charge is 0.345 e. The minimum absolute atomic E-state index is 0. The molecule has 3 aromatic rings. The highest BCUT2D eigenvalue weighted by atomic mass is 35.5. The molecule has 7 nitrogen and oxygen atoms in total. The highest BCUT2D eigenvalue weighted by molar-refractivity contribution is 5.94. The number of aromatic carboxylic acids is 1. The molecule has 1 aliphatic carbocycles. The molecular weight excluding hydrogens is 406 g/mol. The summed E-state index contributed by atoms with van der Waals surface area (Å²) >= 11 is 0. The first kappa shape index (κ1) is 21.9. The van der Waals surface area contributed by atoms with Crippen LogP contribution < -0.4 is 5.56 Å². The number of nitrogens with zero attached hydrogens (tertiary/aromatic N) is 2. The van der Waals surface area contributed by atoms with Crippen molar-refractivity contribution in [3.05, 3.63) is 50.9 Å². The summed E-state index contributed by atoms with van der Waals surface area (Å²) in [6, 6.07) is 4.17. The van der Waals surface area contributed by atoms with Gasteiger partial charge in [0.1, 0.15) is 5.75 Å². The molecule has 2 aromatic heterocycles. The Morgan fingerprint density at radius 3 is 2.60 bits per heavy atom. The SMILES string of the molecule is Cc1c[nH]c2cc3c(cc12)CCCCc1c(O)c(C(=O)O)c(=O)n(CN(C)C)c1-3.Cl. The molecule has 4 rings (SSSR count). The molecule has 30 heavy (non-hydrogen) atoms. The van der Waals surface area contributed by atoms with Crippen LogP contribution in [0.1, 0.15) is 39.9 Å². The lowest BCUT2D eigenvalue weighted by Crippen LogP contribution is -2.34.